The van der Waals surface area contributed by atoms with E-state index in [4.69, 9.17) is 14.5 Å². The van der Waals surface area contributed by atoms with Gasteiger partial charge in [-0.15, -0.1) is 0 Å². The van der Waals surface area contributed by atoms with Crippen molar-refractivity contribution in [1.82, 2.24) is 9.88 Å². The smallest absolute Gasteiger partial charge is 0.160 e. The Morgan fingerprint density at radius 2 is 1.59 bits per heavy atom. The number of ether oxygens (including phenoxy) is 2. The molecule has 1 fully saturated rings. The van der Waals surface area contributed by atoms with Gasteiger partial charge >= 0.3 is 0 Å². The number of morpholine rings is 1. The number of pyridine rings is 1. The van der Waals surface area contributed by atoms with Gasteiger partial charge in [0, 0.05) is 37.1 Å². The lowest BCUT2D eigenvalue weighted by Crippen LogP contribution is -2.43. The Hall–Kier alpha value is -3.12. The van der Waals surface area contributed by atoms with Crippen LogP contribution in [0.1, 0.15) is 5.56 Å². The minimum Gasteiger partial charge on any atom is -0.455 e. The van der Waals surface area contributed by atoms with Gasteiger partial charge in [0.25, 0.3) is 0 Å². The fourth-order valence-corrected chi connectivity index (χ4v) is 4.97. The fourth-order valence-electron chi connectivity index (χ4n) is 4.06. The third kappa shape index (κ3) is 6.06. The molecule has 4 nitrogen and oxygen atoms in total. The topological polar surface area (TPSA) is 34.6 Å². The summed E-state index contributed by atoms with van der Waals surface area (Å²) in [5.74, 6) is 2.41. The summed E-state index contributed by atoms with van der Waals surface area (Å²) >= 11 is 1.70. The largest absolute Gasteiger partial charge is 0.455 e. The van der Waals surface area contributed by atoms with Crippen molar-refractivity contribution < 1.29 is 9.47 Å². The number of rotatable bonds is 8. The van der Waals surface area contributed by atoms with Crippen LogP contribution in [0.2, 0.25) is 0 Å². The Labute approximate surface area is 205 Å². The SMILES string of the molecule is c1ccc(CN2CCO[C@H](CSc3ncc(-c4ccccc4)cc3Oc3ccccc3)C2)cc1. The van der Waals surface area contributed by atoms with Gasteiger partial charge in [-0.3, -0.25) is 4.90 Å². The van der Waals surface area contributed by atoms with Gasteiger partial charge in [-0.05, 0) is 29.3 Å². The Bertz CT molecular complexity index is 1170. The first-order valence-corrected chi connectivity index (χ1v) is 12.6. The molecule has 0 N–H and O–H groups in total. The highest BCUT2D eigenvalue weighted by molar-refractivity contribution is 7.99. The standard InChI is InChI=1S/C29H28N2O2S/c1-4-10-23(11-5-1)20-31-16-17-32-27(21-31)22-34-29-28(33-26-14-8-3-9-15-26)18-25(19-30-29)24-12-6-2-7-13-24/h1-15,18-19,27H,16-17,20-22H2/t27-/m0/s1. The van der Waals surface area contributed by atoms with Gasteiger partial charge in [-0.2, -0.15) is 0 Å². The van der Waals surface area contributed by atoms with Crippen molar-refractivity contribution in [2.45, 2.75) is 17.7 Å². The molecule has 1 aliphatic heterocycles. The molecule has 0 saturated carbocycles. The molecular formula is C29H28N2O2S. The average molecular weight is 469 g/mol. The number of hydrogen-bond acceptors (Lipinski definition) is 5. The fraction of sp³-hybridized carbons (Fsp3) is 0.207. The highest BCUT2D eigenvalue weighted by atomic mass is 32.2. The molecule has 0 aliphatic carbocycles. The van der Waals surface area contributed by atoms with Crippen molar-refractivity contribution in [2.75, 3.05) is 25.4 Å². The lowest BCUT2D eigenvalue weighted by molar-refractivity contribution is -0.0187. The Morgan fingerprint density at radius 1 is 0.882 bits per heavy atom. The predicted octanol–water partition coefficient (Wildman–Crippen LogP) is 6.53. The summed E-state index contributed by atoms with van der Waals surface area (Å²) in [5, 5.41) is 0.882. The molecule has 1 aliphatic rings. The molecule has 0 unspecified atom stereocenters. The molecule has 0 spiro atoms. The summed E-state index contributed by atoms with van der Waals surface area (Å²) < 4.78 is 12.4. The van der Waals surface area contributed by atoms with E-state index >= 15 is 0 Å². The second kappa shape index (κ2) is 11.3. The zero-order valence-electron chi connectivity index (χ0n) is 19.0. The lowest BCUT2D eigenvalue weighted by atomic mass is 10.1. The molecule has 0 amide bonds. The zero-order valence-corrected chi connectivity index (χ0v) is 19.9. The number of nitrogens with zero attached hydrogens (tertiary/aromatic N) is 2. The number of para-hydroxylation sites is 1. The molecule has 1 atom stereocenters. The molecule has 34 heavy (non-hydrogen) atoms. The number of aromatic nitrogens is 1. The molecular weight excluding hydrogens is 440 g/mol. The molecule has 5 heteroatoms. The van der Waals surface area contributed by atoms with Crippen molar-refractivity contribution in [2.24, 2.45) is 0 Å². The van der Waals surface area contributed by atoms with E-state index in [1.807, 2.05) is 54.7 Å². The van der Waals surface area contributed by atoms with Crippen LogP contribution in [0, 0.1) is 0 Å². The first-order chi connectivity index (χ1) is 16.8. The van der Waals surface area contributed by atoms with E-state index in [2.05, 4.69) is 53.4 Å². The van der Waals surface area contributed by atoms with Crippen LogP contribution in [0.25, 0.3) is 11.1 Å². The van der Waals surface area contributed by atoms with E-state index < -0.39 is 0 Å². The van der Waals surface area contributed by atoms with Gasteiger partial charge in [-0.1, -0.05) is 90.6 Å². The third-order valence-corrected chi connectivity index (χ3v) is 6.89. The van der Waals surface area contributed by atoms with E-state index in [9.17, 15) is 0 Å². The summed E-state index contributed by atoms with van der Waals surface area (Å²) in [5.41, 5.74) is 3.50. The van der Waals surface area contributed by atoms with Gasteiger partial charge in [0.2, 0.25) is 0 Å². The van der Waals surface area contributed by atoms with Gasteiger partial charge < -0.3 is 9.47 Å². The lowest BCUT2D eigenvalue weighted by Gasteiger charge is -2.32. The average Bonchev–Trinajstić information content (AvgIpc) is 2.90. The van der Waals surface area contributed by atoms with Crippen LogP contribution in [-0.4, -0.2) is 41.4 Å². The molecule has 4 aromatic rings. The van der Waals surface area contributed by atoms with E-state index in [0.29, 0.717) is 0 Å². The molecule has 0 bridgehead atoms. The van der Waals surface area contributed by atoms with E-state index in [1.165, 1.54) is 5.56 Å². The van der Waals surface area contributed by atoms with Crippen molar-refractivity contribution in [3.05, 3.63) is 109 Å². The van der Waals surface area contributed by atoms with Crippen molar-refractivity contribution >= 4 is 11.8 Å². The molecule has 172 valence electrons. The maximum absolute atomic E-state index is 6.28. The van der Waals surface area contributed by atoms with E-state index in [1.54, 1.807) is 11.8 Å². The molecule has 5 rings (SSSR count). The first-order valence-electron chi connectivity index (χ1n) is 11.6. The van der Waals surface area contributed by atoms with Crippen LogP contribution < -0.4 is 4.74 Å². The van der Waals surface area contributed by atoms with Gasteiger partial charge in [0.1, 0.15) is 10.8 Å². The first kappa shape index (κ1) is 22.7. The van der Waals surface area contributed by atoms with E-state index in [-0.39, 0.29) is 6.10 Å². The van der Waals surface area contributed by atoms with Crippen LogP contribution >= 0.6 is 11.8 Å². The highest BCUT2D eigenvalue weighted by Crippen LogP contribution is 2.35. The minimum absolute atomic E-state index is 0.155. The normalized spacial score (nSPS) is 16.3. The second-order valence-electron chi connectivity index (χ2n) is 8.33. The predicted molar refractivity (Wildman–Crippen MR) is 138 cm³/mol. The molecule has 1 saturated heterocycles. The van der Waals surface area contributed by atoms with E-state index in [0.717, 1.165) is 59.6 Å². The van der Waals surface area contributed by atoms with Crippen LogP contribution in [0.3, 0.4) is 0 Å². The monoisotopic (exact) mass is 468 g/mol. The Morgan fingerprint density at radius 3 is 2.35 bits per heavy atom. The van der Waals surface area contributed by atoms with Crippen LogP contribution in [0.15, 0.2) is 108 Å². The van der Waals surface area contributed by atoms with Gasteiger partial charge in [-0.25, -0.2) is 4.98 Å². The zero-order chi connectivity index (χ0) is 23.0. The van der Waals surface area contributed by atoms with Gasteiger partial charge in [0.15, 0.2) is 5.75 Å². The maximum Gasteiger partial charge on any atom is 0.160 e. The van der Waals surface area contributed by atoms with Crippen molar-refractivity contribution in [1.29, 1.82) is 0 Å². The number of hydrogen-bond donors (Lipinski definition) is 0. The van der Waals surface area contributed by atoms with Crippen LogP contribution in [0.5, 0.6) is 11.5 Å². The summed E-state index contributed by atoms with van der Waals surface area (Å²) in [4.78, 5) is 7.26. The summed E-state index contributed by atoms with van der Waals surface area (Å²) in [6.07, 6.45) is 2.08. The summed E-state index contributed by atoms with van der Waals surface area (Å²) in [6.45, 7) is 3.59. The maximum atomic E-state index is 6.28. The quantitative estimate of drug-likeness (QED) is 0.275. The Balaban J connectivity index is 1.29. The molecule has 3 aromatic carbocycles. The van der Waals surface area contributed by atoms with Crippen LogP contribution in [0.4, 0.5) is 0 Å². The second-order valence-corrected chi connectivity index (χ2v) is 9.34. The third-order valence-electron chi connectivity index (χ3n) is 5.77. The summed E-state index contributed by atoms with van der Waals surface area (Å²) in [6, 6.07) is 32.9. The molecule has 1 aromatic heterocycles. The number of thioether (sulfide) groups is 1. The van der Waals surface area contributed by atoms with Crippen molar-refractivity contribution in [3.8, 4) is 22.6 Å². The Kier molecular flexibility index (Phi) is 7.56. The summed E-state index contributed by atoms with van der Waals surface area (Å²) in [7, 11) is 0. The number of benzene rings is 3. The van der Waals surface area contributed by atoms with Crippen molar-refractivity contribution in [3.63, 3.8) is 0 Å². The highest BCUT2D eigenvalue weighted by Gasteiger charge is 2.22. The minimum atomic E-state index is 0.155. The molecule has 0 radical (unpaired) electrons. The van der Waals surface area contributed by atoms with Gasteiger partial charge in [0.05, 0.1) is 12.7 Å². The molecule has 2 heterocycles. The van der Waals surface area contributed by atoms with Crippen LogP contribution in [-0.2, 0) is 11.3 Å².